The lowest BCUT2D eigenvalue weighted by Crippen LogP contribution is -2.29. The van der Waals surface area contributed by atoms with Gasteiger partial charge in [-0.25, -0.2) is 0 Å². The lowest BCUT2D eigenvalue weighted by Gasteiger charge is -2.26. The van der Waals surface area contributed by atoms with Crippen molar-refractivity contribution in [3.8, 4) is 11.5 Å². The van der Waals surface area contributed by atoms with Crippen LogP contribution < -0.4 is 15.0 Å². The molecule has 1 aromatic heterocycles. The summed E-state index contributed by atoms with van der Waals surface area (Å²) in [5.41, 5.74) is 1.95. The fourth-order valence-electron chi connectivity index (χ4n) is 3.93. The molecule has 32 heavy (non-hydrogen) atoms. The number of hydrogen-bond acceptors (Lipinski definition) is 5. The molecule has 2 heterocycles. The molecular weight excluding hydrogens is 402 g/mol. The molecule has 4 rings (SSSR count). The zero-order valence-corrected chi connectivity index (χ0v) is 18.5. The Morgan fingerprint density at radius 1 is 0.938 bits per heavy atom. The molecule has 1 N–H and O–H groups in total. The number of aryl methyl sites for hydroxylation is 1. The molecule has 0 amide bonds. The Morgan fingerprint density at radius 2 is 1.75 bits per heavy atom. The van der Waals surface area contributed by atoms with Crippen LogP contribution in [0.2, 0.25) is 0 Å². The standard InChI is InChI=1S/C26H31N3O3/c30-26-24(32-20-21-9-3-1-4-10-21)18-27-25(28-26)13-8-16-31-23-12-7-11-22(17-23)19-29-14-5-2-6-15-29/h1,3-4,7,9-12,17-18H,2,5-6,8,13-16,19-20H2,(H,27,28,30). The molecule has 0 radical (unpaired) electrons. The van der Waals surface area contributed by atoms with E-state index in [-0.39, 0.29) is 11.3 Å². The maximum Gasteiger partial charge on any atom is 0.315 e. The monoisotopic (exact) mass is 433 g/mol. The van der Waals surface area contributed by atoms with Crippen molar-refractivity contribution in [3.63, 3.8) is 0 Å². The number of benzene rings is 2. The molecule has 0 bridgehead atoms. The molecule has 168 valence electrons. The number of piperidine rings is 1. The third kappa shape index (κ3) is 6.69. The first-order chi connectivity index (χ1) is 15.8. The summed E-state index contributed by atoms with van der Waals surface area (Å²) in [5.74, 6) is 1.77. The van der Waals surface area contributed by atoms with Crippen LogP contribution in [0, 0.1) is 0 Å². The summed E-state index contributed by atoms with van der Waals surface area (Å²) in [6, 6.07) is 18.1. The Hall–Kier alpha value is -3.12. The fourth-order valence-corrected chi connectivity index (χ4v) is 3.93. The van der Waals surface area contributed by atoms with Gasteiger partial charge in [0.25, 0.3) is 0 Å². The first-order valence-corrected chi connectivity index (χ1v) is 11.5. The molecule has 0 aliphatic carbocycles. The number of ether oxygens (including phenoxy) is 2. The average Bonchev–Trinajstić information content (AvgIpc) is 2.83. The van der Waals surface area contributed by atoms with Gasteiger partial charge < -0.3 is 14.5 Å². The molecule has 6 heteroatoms. The molecule has 1 saturated heterocycles. The SMILES string of the molecule is O=c1nc(CCCOc2cccc(CN3CCCCC3)c2)[nH]cc1OCc1ccccc1. The molecule has 1 fully saturated rings. The van der Waals surface area contributed by atoms with Gasteiger partial charge in [-0.1, -0.05) is 48.9 Å². The zero-order valence-electron chi connectivity index (χ0n) is 18.5. The number of hydrogen-bond donors (Lipinski definition) is 1. The van der Waals surface area contributed by atoms with E-state index in [0.29, 0.717) is 25.5 Å². The van der Waals surface area contributed by atoms with Gasteiger partial charge in [-0.2, -0.15) is 4.98 Å². The first-order valence-electron chi connectivity index (χ1n) is 11.5. The van der Waals surface area contributed by atoms with Gasteiger partial charge in [0.2, 0.25) is 5.75 Å². The predicted molar refractivity (Wildman–Crippen MR) is 125 cm³/mol. The van der Waals surface area contributed by atoms with Crippen LogP contribution in [0.1, 0.15) is 42.6 Å². The van der Waals surface area contributed by atoms with Crippen molar-refractivity contribution in [1.82, 2.24) is 14.9 Å². The quantitative estimate of drug-likeness (QED) is 0.482. The highest BCUT2D eigenvalue weighted by molar-refractivity contribution is 5.28. The molecule has 0 spiro atoms. The minimum absolute atomic E-state index is 0.236. The van der Waals surface area contributed by atoms with Gasteiger partial charge in [-0.3, -0.25) is 9.69 Å². The third-order valence-corrected chi connectivity index (χ3v) is 5.63. The largest absolute Gasteiger partial charge is 0.494 e. The van der Waals surface area contributed by atoms with E-state index in [9.17, 15) is 4.79 Å². The van der Waals surface area contributed by atoms with Crippen LogP contribution >= 0.6 is 0 Å². The molecule has 1 aliphatic heterocycles. The van der Waals surface area contributed by atoms with Crippen LogP contribution in [0.25, 0.3) is 0 Å². The Balaban J connectivity index is 1.21. The Kier molecular flexibility index (Phi) is 7.93. The van der Waals surface area contributed by atoms with Crippen molar-refractivity contribution in [1.29, 1.82) is 0 Å². The lowest BCUT2D eigenvalue weighted by atomic mass is 10.1. The number of nitrogens with one attached hydrogen (secondary N) is 1. The molecule has 0 saturated carbocycles. The van der Waals surface area contributed by atoms with Gasteiger partial charge in [0.15, 0.2) is 0 Å². The highest BCUT2D eigenvalue weighted by Gasteiger charge is 2.11. The van der Waals surface area contributed by atoms with E-state index < -0.39 is 0 Å². The highest BCUT2D eigenvalue weighted by Crippen LogP contribution is 2.18. The average molecular weight is 434 g/mol. The van der Waals surface area contributed by atoms with Gasteiger partial charge in [0, 0.05) is 13.0 Å². The smallest absolute Gasteiger partial charge is 0.315 e. The van der Waals surface area contributed by atoms with Crippen LogP contribution in [0.15, 0.2) is 65.6 Å². The number of nitrogens with zero attached hydrogens (tertiary/aromatic N) is 2. The highest BCUT2D eigenvalue weighted by atomic mass is 16.5. The number of likely N-dealkylation sites (tertiary alicyclic amines) is 1. The van der Waals surface area contributed by atoms with Gasteiger partial charge in [-0.15, -0.1) is 0 Å². The molecule has 0 unspecified atom stereocenters. The number of aromatic nitrogens is 2. The van der Waals surface area contributed by atoms with Crippen LogP contribution in [0.5, 0.6) is 11.5 Å². The predicted octanol–water partition coefficient (Wildman–Crippen LogP) is 4.35. The van der Waals surface area contributed by atoms with E-state index in [1.807, 2.05) is 36.4 Å². The minimum Gasteiger partial charge on any atom is -0.494 e. The summed E-state index contributed by atoms with van der Waals surface area (Å²) in [6.07, 6.45) is 6.95. The van der Waals surface area contributed by atoms with E-state index in [4.69, 9.17) is 9.47 Å². The summed E-state index contributed by atoms with van der Waals surface area (Å²) in [7, 11) is 0. The van der Waals surface area contributed by atoms with E-state index in [2.05, 4.69) is 33.1 Å². The minimum atomic E-state index is -0.346. The van der Waals surface area contributed by atoms with Gasteiger partial charge >= 0.3 is 5.56 Å². The topological polar surface area (TPSA) is 67.5 Å². The van der Waals surface area contributed by atoms with E-state index in [0.717, 1.165) is 24.3 Å². The maximum atomic E-state index is 12.2. The van der Waals surface area contributed by atoms with Crippen molar-refractivity contribution >= 4 is 0 Å². The summed E-state index contributed by atoms with van der Waals surface area (Å²) in [4.78, 5) is 21.9. The van der Waals surface area contributed by atoms with E-state index >= 15 is 0 Å². The normalized spacial score (nSPS) is 14.2. The summed E-state index contributed by atoms with van der Waals surface area (Å²) in [6.45, 7) is 4.28. The number of rotatable bonds is 10. The first kappa shape index (κ1) is 22.1. The molecular formula is C26H31N3O3. The zero-order chi connectivity index (χ0) is 22.0. The van der Waals surface area contributed by atoms with Crippen molar-refractivity contribution in [3.05, 3.63) is 88.1 Å². The third-order valence-electron chi connectivity index (χ3n) is 5.63. The lowest BCUT2D eigenvalue weighted by molar-refractivity contribution is 0.220. The van der Waals surface area contributed by atoms with Gasteiger partial charge in [-0.05, 0) is 55.6 Å². The van der Waals surface area contributed by atoms with Gasteiger partial charge in [0.1, 0.15) is 18.2 Å². The van der Waals surface area contributed by atoms with Crippen molar-refractivity contribution in [2.45, 2.75) is 45.3 Å². The Morgan fingerprint density at radius 3 is 2.56 bits per heavy atom. The molecule has 2 aromatic carbocycles. The van der Waals surface area contributed by atoms with E-state index in [1.165, 1.54) is 37.9 Å². The number of H-pyrrole nitrogens is 1. The van der Waals surface area contributed by atoms with Crippen LogP contribution in [0.3, 0.4) is 0 Å². The Bertz CT molecular complexity index is 1030. The summed E-state index contributed by atoms with van der Waals surface area (Å²) in [5, 5.41) is 0. The van der Waals surface area contributed by atoms with Crippen molar-refractivity contribution < 1.29 is 9.47 Å². The van der Waals surface area contributed by atoms with Gasteiger partial charge in [0.05, 0.1) is 12.8 Å². The summed E-state index contributed by atoms with van der Waals surface area (Å²) >= 11 is 0. The van der Waals surface area contributed by atoms with Crippen LogP contribution in [-0.2, 0) is 19.6 Å². The maximum absolute atomic E-state index is 12.2. The van der Waals surface area contributed by atoms with Crippen LogP contribution in [-0.4, -0.2) is 34.6 Å². The van der Waals surface area contributed by atoms with Crippen molar-refractivity contribution in [2.24, 2.45) is 0 Å². The second-order valence-electron chi connectivity index (χ2n) is 8.23. The van der Waals surface area contributed by atoms with Crippen LogP contribution in [0.4, 0.5) is 0 Å². The van der Waals surface area contributed by atoms with Crippen molar-refractivity contribution in [2.75, 3.05) is 19.7 Å². The fraction of sp³-hybridized carbons (Fsp3) is 0.385. The second kappa shape index (κ2) is 11.5. The summed E-state index contributed by atoms with van der Waals surface area (Å²) < 4.78 is 11.5. The molecule has 1 aliphatic rings. The Labute approximate surface area is 189 Å². The molecule has 0 atom stereocenters. The molecule has 3 aromatic rings. The number of aromatic amines is 1. The van der Waals surface area contributed by atoms with E-state index in [1.54, 1.807) is 6.20 Å². The second-order valence-corrected chi connectivity index (χ2v) is 8.23. The molecule has 6 nitrogen and oxygen atoms in total.